The summed E-state index contributed by atoms with van der Waals surface area (Å²) in [7, 11) is 0. The SMILES string of the molecule is CC(C)[C@H](N)C(=O)NC(=O)CN. The van der Waals surface area contributed by atoms with Crippen LogP contribution in [0.2, 0.25) is 0 Å². The van der Waals surface area contributed by atoms with Gasteiger partial charge in [0.25, 0.3) is 0 Å². The maximum absolute atomic E-state index is 11.0. The fourth-order valence-electron chi connectivity index (χ4n) is 0.575. The lowest BCUT2D eigenvalue weighted by molar-refractivity contribution is -0.130. The first kappa shape index (κ1) is 11.1. The summed E-state index contributed by atoms with van der Waals surface area (Å²) in [5, 5.41) is 2.08. The molecule has 2 amide bonds. The minimum Gasteiger partial charge on any atom is -0.322 e. The van der Waals surface area contributed by atoms with Crippen molar-refractivity contribution in [1.29, 1.82) is 0 Å². The molecule has 5 heteroatoms. The normalized spacial score (nSPS) is 12.8. The highest BCUT2D eigenvalue weighted by Crippen LogP contribution is 1.97. The van der Waals surface area contributed by atoms with Gasteiger partial charge >= 0.3 is 0 Å². The van der Waals surface area contributed by atoms with Gasteiger partial charge in [-0.05, 0) is 5.92 Å². The quantitative estimate of drug-likeness (QED) is 0.487. The van der Waals surface area contributed by atoms with Gasteiger partial charge in [0.15, 0.2) is 0 Å². The van der Waals surface area contributed by atoms with Crippen LogP contribution in [0.5, 0.6) is 0 Å². The van der Waals surface area contributed by atoms with Gasteiger partial charge < -0.3 is 11.5 Å². The van der Waals surface area contributed by atoms with E-state index in [9.17, 15) is 9.59 Å². The zero-order valence-electron chi connectivity index (χ0n) is 7.33. The van der Waals surface area contributed by atoms with Crippen LogP contribution in [0.1, 0.15) is 13.8 Å². The summed E-state index contributed by atoms with van der Waals surface area (Å²) in [5.74, 6) is -0.966. The van der Waals surface area contributed by atoms with Gasteiger partial charge in [-0.3, -0.25) is 14.9 Å². The molecule has 0 saturated carbocycles. The van der Waals surface area contributed by atoms with Crippen molar-refractivity contribution in [3.8, 4) is 0 Å². The summed E-state index contributed by atoms with van der Waals surface area (Å²) in [6.45, 7) is 3.41. The molecule has 0 aromatic rings. The van der Waals surface area contributed by atoms with E-state index < -0.39 is 17.9 Å². The smallest absolute Gasteiger partial charge is 0.243 e. The Balaban J connectivity index is 3.96. The number of nitrogens with two attached hydrogens (primary N) is 2. The second kappa shape index (κ2) is 4.84. The highest BCUT2D eigenvalue weighted by atomic mass is 16.2. The van der Waals surface area contributed by atoms with Crippen LogP contribution in [0.15, 0.2) is 0 Å². The number of hydrogen-bond acceptors (Lipinski definition) is 4. The third kappa shape index (κ3) is 3.45. The summed E-state index contributed by atoms with van der Waals surface area (Å²) < 4.78 is 0. The summed E-state index contributed by atoms with van der Waals surface area (Å²) >= 11 is 0. The van der Waals surface area contributed by atoms with Crippen LogP contribution in [0.25, 0.3) is 0 Å². The standard InChI is InChI=1S/C7H15N3O2/c1-4(2)6(9)7(12)10-5(11)3-8/h4,6H,3,8-9H2,1-2H3,(H,10,11,12)/t6-/m0/s1. The summed E-state index contributed by atoms with van der Waals surface area (Å²) in [6, 6.07) is -0.652. The van der Waals surface area contributed by atoms with Gasteiger partial charge in [-0.15, -0.1) is 0 Å². The maximum Gasteiger partial charge on any atom is 0.243 e. The van der Waals surface area contributed by atoms with Crippen molar-refractivity contribution in [3.05, 3.63) is 0 Å². The second-order valence-corrected chi connectivity index (χ2v) is 2.89. The predicted molar refractivity (Wildman–Crippen MR) is 45.0 cm³/mol. The first-order valence-corrected chi connectivity index (χ1v) is 3.78. The zero-order valence-corrected chi connectivity index (χ0v) is 7.33. The lowest BCUT2D eigenvalue weighted by Gasteiger charge is -2.13. The number of hydrogen-bond donors (Lipinski definition) is 3. The largest absolute Gasteiger partial charge is 0.322 e. The lowest BCUT2D eigenvalue weighted by atomic mass is 10.1. The Morgan fingerprint density at radius 2 is 1.92 bits per heavy atom. The Bertz CT molecular complexity index is 179. The molecule has 0 spiro atoms. The first-order chi connectivity index (χ1) is 5.49. The van der Waals surface area contributed by atoms with Gasteiger partial charge in [0.1, 0.15) is 0 Å². The minimum atomic E-state index is -0.652. The van der Waals surface area contributed by atoms with Crippen molar-refractivity contribution in [2.45, 2.75) is 19.9 Å². The summed E-state index contributed by atoms with van der Waals surface area (Å²) in [6.07, 6.45) is 0. The van der Waals surface area contributed by atoms with Gasteiger partial charge in [-0.25, -0.2) is 0 Å². The molecule has 0 radical (unpaired) electrons. The Hall–Kier alpha value is -0.940. The van der Waals surface area contributed by atoms with Gasteiger partial charge in [0.2, 0.25) is 11.8 Å². The van der Waals surface area contributed by atoms with E-state index in [1.54, 1.807) is 13.8 Å². The summed E-state index contributed by atoms with van der Waals surface area (Å²) in [4.78, 5) is 21.7. The van der Waals surface area contributed by atoms with E-state index in [1.165, 1.54) is 0 Å². The van der Waals surface area contributed by atoms with Crippen molar-refractivity contribution in [1.82, 2.24) is 5.32 Å². The molecule has 0 aromatic heterocycles. The minimum absolute atomic E-state index is 0.00979. The van der Waals surface area contributed by atoms with Crippen molar-refractivity contribution in [2.75, 3.05) is 6.54 Å². The Morgan fingerprint density at radius 3 is 2.25 bits per heavy atom. The van der Waals surface area contributed by atoms with Gasteiger partial charge in [-0.2, -0.15) is 0 Å². The average molecular weight is 173 g/mol. The molecule has 1 atom stereocenters. The van der Waals surface area contributed by atoms with Gasteiger partial charge in [0.05, 0.1) is 12.6 Å². The Kier molecular flexibility index (Phi) is 4.46. The Morgan fingerprint density at radius 1 is 1.42 bits per heavy atom. The van der Waals surface area contributed by atoms with E-state index in [0.717, 1.165) is 0 Å². The van der Waals surface area contributed by atoms with Crippen LogP contribution in [0.3, 0.4) is 0 Å². The molecule has 0 bridgehead atoms. The molecule has 0 heterocycles. The highest BCUT2D eigenvalue weighted by molar-refractivity contribution is 5.98. The van der Waals surface area contributed by atoms with E-state index in [1.807, 2.05) is 0 Å². The van der Waals surface area contributed by atoms with E-state index in [2.05, 4.69) is 5.32 Å². The summed E-state index contributed by atoms with van der Waals surface area (Å²) in [5.41, 5.74) is 10.4. The monoisotopic (exact) mass is 173 g/mol. The molecule has 0 aromatic carbocycles. The van der Waals surface area contributed by atoms with Gasteiger partial charge in [-0.1, -0.05) is 13.8 Å². The molecule has 5 nitrogen and oxygen atoms in total. The third-order valence-corrected chi connectivity index (χ3v) is 1.47. The predicted octanol–water partition coefficient (Wildman–Crippen LogP) is -1.43. The molecule has 5 N–H and O–H groups in total. The van der Waals surface area contributed by atoms with Crippen molar-refractivity contribution >= 4 is 11.8 Å². The second-order valence-electron chi connectivity index (χ2n) is 2.89. The van der Waals surface area contributed by atoms with Crippen LogP contribution in [0, 0.1) is 5.92 Å². The maximum atomic E-state index is 11.0. The van der Waals surface area contributed by atoms with E-state index in [0.29, 0.717) is 0 Å². The molecule has 0 aliphatic heterocycles. The molecule has 0 fully saturated rings. The zero-order chi connectivity index (χ0) is 9.72. The van der Waals surface area contributed by atoms with Crippen molar-refractivity contribution < 1.29 is 9.59 Å². The fraction of sp³-hybridized carbons (Fsp3) is 0.714. The molecule has 0 saturated heterocycles. The number of amides is 2. The van der Waals surface area contributed by atoms with Crippen LogP contribution in [-0.2, 0) is 9.59 Å². The number of rotatable bonds is 3. The average Bonchev–Trinajstić information content (AvgIpc) is 2.02. The lowest BCUT2D eigenvalue weighted by Crippen LogP contribution is -2.47. The highest BCUT2D eigenvalue weighted by Gasteiger charge is 2.18. The van der Waals surface area contributed by atoms with E-state index >= 15 is 0 Å². The molecular weight excluding hydrogens is 158 g/mol. The van der Waals surface area contributed by atoms with Crippen molar-refractivity contribution in [3.63, 3.8) is 0 Å². The van der Waals surface area contributed by atoms with Crippen molar-refractivity contribution in [2.24, 2.45) is 17.4 Å². The van der Waals surface area contributed by atoms with Crippen LogP contribution >= 0.6 is 0 Å². The molecule has 70 valence electrons. The first-order valence-electron chi connectivity index (χ1n) is 3.78. The number of carbonyl (C=O) groups excluding carboxylic acids is 2. The molecule has 0 aliphatic rings. The fourth-order valence-corrected chi connectivity index (χ4v) is 0.575. The van der Waals surface area contributed by atoms with Crippen LogP contribution in [-0.4, -0.2) is 24.4 Å². The Labute approximate surface area is 71.5 Å². The molecule has 0 aliphatic carbocycles. The van der Waals surface area contributed by atoms with Gasteiger partial charge in [0, 0.05) is 0 Å². The molecule has 0 rings (SSSR count). The number of imide groups is 1. The van der Waals surface area contributed by atoms with E-state index in [-0.39, 0.29) is 12.5 Å². The van der Waals surface area contributed by atoms with E-state index in [4.69, 9.17) is 11.5 Å². The number of carbonyl (C=O) groups is 2. The third-order valence-electron chi connectivity index (χ3n) is 1.47. The van der Waals surface area contributed by atoms with Crippen LogP contribution < -0.4 is 16.8 Å². The molecule has 0 unspecified atom stereocenters. The molecular formula is C7H15N3O2. The van der Waals surface area contributed by atoms with Crippen LogP contribution in [0.4, 0.5) is 0 Å². The topological polar surface area (TPSA) is 98.2 Å². The number of nitrogens with one attached hydrogen (secondary N) is 1. The molecule has 12 heavy (non-hydrogen) atoms.